The van der Waals surface area contributed by atoms with Gasteiger partial charge in [-0.3, -0.25) is 9.69 Å². The van der Waals surface area contributed by atoms with E-state index in [1.165, 1.54) is 0 Å². The van der Waals surface area contributed by atoms with E-state index in [4.69, 9.17) is 14.2 Å². The third kappa shape index (κ3) is 5.19. The lowest BCUT2D eigenvalue weighted by Gasteiger charge is -2.39. The normalized spacial score (nSPS) is 17.8. The molecule has 2 fully saturated rings. The van der Waals surface area contributed by atoms with Crippen LogP contribution in [0.1, 0.15) is 30.4 Å². The van der Waals surface area contributed by atoms with Crippen molar-refractivity contribution in [2.45, 2.75) is 32.7 Å². The molecule has 178 valence electrons. The minimum absolute atomic E-state index is 0.0325. The van der Waals surface area contributed by atoms with E-state index < -0.39 is 0 Å². The highest BCUT2D eigenvalue weighted by Crippen LogP contribution is 2.42. The van der Waals surface area contributed by atoms with Crippen molar-refractivity contribution in [1.29, 1.82) is 0 Å². The van der Waals surface area contributed by atoms with Crippen LogP contribution in [0.3, 0.4) is 0 Å². The predicted molar refractivity (Wildman–Crippen MR) is 126 cm³/mol. The summed E-state index contributed by atoms with van der Waals surface area (Å²) >= 11 is 0. The largest absolute Gasteiger partial charge is 0.502 e. The van der Waals surface area contributed by atoms with Crippen molar-refractivity contribution < 1.29 is 24.1 Å². The van der Waals surface area contributed by atoms with Crippen LogP contribution in [0.2, 0.25) is 0 Å². The molecule has 1 amide bonds. The Morgan fingerprint density at radius 3 is 2.27 bits per heavy atom. The van der Waals surface area contributed by atoms with E-state index in [9.17, 15) is 9.90 Å². The van der Waals surface area contributed by atoms with Gasteiger partial charge < -0.3 is 24.2 Å². The van der Waals surface area contributed by atoms with Crippen LogP contribution in [0.15, 0.2) is 36.4 Å². The van der Waals surface area contributed by atoms with E-state index in [0.717, 1.165) is 68.9 Å². The molecule has 4 rings (SSSR count). The molecule has 7 nitrogen and oxygen atoms in total. The number of hydrogen-bond donors (Lipinski definition) is 1. The molecule has 0 aliphatic carbocycles. The van der Waals surface area contributed by atoms with Crippen molar-refractivity contribution >= 4 is 5.91 Å². The van der Waals surface area contributed by atoms with Crippen LogP contribution >= 0.6 is 0 Å². The number of nitrogens with zero attached hydrogens (tertiary/aromatic N) is 2. The van der Waals surface area contributed by atoms with Crippen LogP contribution in [0.4, 0.5) is 0 Å². The molecule has 2 aliphatic heterocycles. The number of methoxy groups -OCH3 is 2. The zero-order chi connectivity index (χ0) is 23.4. The molecular formula is C26H34N2O5. The van der Waals surface area contributed by atoms with E-state index in [2.05, 4.69) is 4.90 Å². The number of phenolic OH excluding ortho intramolecular Hbond substituents is 1. The Balaban J connectivity index is 1.29. The third-order valence-electron chi connectivity index (χ3n) is 7.08. The number of piperidine rings is 1. The minimum Gasteiger partial charge on any atom is -0.502 e. The minimum atomic E-state index is 0.0325. The molecular weight excluding hydrogens is 420 g/mol. The summed E-state index contributed by atoms with van der Waals surface area (Å²) < 4.78 is 16.4. The van der Waals surface area contributed by atoms with Gasteiger partial charge in [-0.2, -0.15) is 0 Å². The number of benzene rings is 2. The zero-order valence-electron chi connectivity index (χ0n) is 19.8. The fourth-order valence-corrected chi connectivity index (χ4v) is 5.05. The first-order valence-electron chi connectivity index (χ1n) is 11.6. The fraction of sp³-hybridized carbons (Fsp3) is 0.500. The number of carbonyl (C=O) groups is 1. The summed E-state index contributed by atoms with van der Waals surface area (Å²) in [6, 6.07) is 11.5. The Bertz CT molecular complexity index is 959. The van der Waals surface area contributed by atoms with E-state index in [1.54, 1.807) is 14.2 Å². The summed E-state index contributed by atoms with van der Waals surface area (Å²) in [5.41, 5.74) is 2.36. The van der Waals surface area contributed by atoms with Gasteiger partial charge >= 0.3 is 0 Å². The first-order chi connectivity index (χ1) is 15.9. The quantitative estimate of drug-likeness (QED) is 0.689. The van der Waals surface area contributed by atoms with Gasteiger partial charge in [-0.15, -0.1) is 0 Å². The number of para-hydroxylation sites is 1. The molecule has 2 saturated heterocycles. The number of carbonyl (C=O) groups excluding carboxylic acids is 1. The van der Waals surface area contributed by atoms with Gasteiger partial charge in [-0.05, 0) is 67.5 Å². The summed E-state index contributed by atoms with van der Waals surface area (Å²) in [6.07, 6.45) is 3.17. The molecule has 0 atom stereocenters. The number of phenols is 1. The molecule has 2 aromatic carbocycles. The smallest absolute Gasteiger partial charge is 0.260 e. The maximum Gasteiger partial charge on any atom is 0.260 e. The molecule has 0 aromatic heterocycles. The standard InChI is InChI=1S/C26H34N2O5/c1-19-6-4-5-7-21(19)33-17-24(29)28-12-9-26(10-13-28)8-11-27(18-26)16-20-14-22(31-2)25(30)23(15-20)32-3/h4-7,14-15,30H,8-13,16-18H2,1-3H3. The Kier molecular flexibility index (Phi) is 6.98. The molecule has 2 aromatic rings. The lowest BCUT2D eigenvalue weighted by atomic mass is 9.78. The Morgan fingerprint density at radius 2 is 1.64 bits per heavy atom. The predicted octanol–water partition coefficient (Wildman–Crippen LogP) is 3.61. The van der Waals surface area contributed by atoms with Crippen molar-refractivity contribution in [2.75, 3.05) is 47.0 Å². The Hall–Kier alpha value is -2.93. The van der Waals surface area contributed by atoms with E-state index in [-0.39, 0.29) is 23.7 Å². The number of amides is 1. The number of rotatable bonds is 7. The SMILES string of the molecule is COc1cc(CN2CCC3(CCN(C(=O)COc4ccccc4C)CC3)C2)cc(OC)c1O. The Labute approximate surface area is 195 Å². The highest BCUT2D eigenvalue weighted by Gasteiger charge is 2.41. The molecule has 0 saturated carbocycles. The van der Waals surface area contributed by atoms with Gasteiger partial charge in [-0.25, -0.2) is 0 Å². The molecule has 2 aliphatic rings. The van der Waals surface area contributed by atoms with Gasteiger partial charge in [0.05, 0.1) is 14.2 Å². The number of likely N-dealkylation sites (tertiary alicyclic amines) is 2. The fourth-order valence-electron chi connectivity index (χ4n) is 5.05. The summed E-state index contributed by atoms with van der Waals surface area (Å²) in [5, 5.41) is 10.2. The highest BCUT2D eigenvalue weighted by molar-refractivity contribution is 5.78. The first kappa shape index (κ1) is 23.2. The second kappa shape index (κ2) is 9.91. The molecule has 1 spiro atoms. The number of ether oxygens (including phenoxy) is 3. The van der Waals surface area contributed by atoms with Crippen molar-refractivity contribution in [2.24, 2.45) is 5.41 Å². The van der Waals surface area contributed by atoms with Crippen molar-refractivity contribution in [3.8, 4) is 23.0 Å². The van der Waals surface area contributed by atoms with Gasteiger partial charge in [0.1, 0.15) is 5.75 Å². The van der Waals surface area contributed by atoms with Crippen LogP contribution in [0.5, 0.6) is 23.0 Å². The molecule has 2 heterocycles. The first-order valence-corrected chi connectivity index (χ1v) is 11.6. The second-order valence-corrected chi connectivity index (χ2v) is 9.24. The van der Waals surface area contributed by atoms with Gasteiger partial charge in [-0.1, -0.05) is 18.2 Å². The van der Waals surface area contributed by atoms with Crippen molar-refractivity contribution in [3.63, 3.8) is 0 Å². The summed E-state index contributed by atoms with van der Waals surface area (Å²) in [6.45, 7) is 6.46. The topological polar surface area (TPSA) is 71.5 Å². The van der Waals surface area contributed by atoms with Gasteiger partial charge in [0.25, 0.3) is 5.91 Å². The van der Waals surface area contributed by atoms with Crippen LogP contribution in [0, 0.1) is 12.3 Å². The molecule has 0 bridgehead atoms. The van der Waals surface area contributed by atoms with Gasteiger partial charge in [0.15, 0.2) is 18.1 Å². The monoisotopic (exact) mass is 454 g/mol. The lowest BCUT2D eigenvalue weighted by Crippen LogP contribution is -2.45. The zero-order valence-corrected chi connectivity index (χ0v) is 19.8. The average molecular weight is 455 g/mol. The number of aryl methyl sites for hydroxylation is 1. The lowest BCUT2D eigenvalue weighted by molar-refractivity contribution is -0.135. The highest BCUT2D eigenvalue weighted by atomic mass is 16.5. The Morgan fingerprint density at radius 1 is 1.00 bits per heavy atom. The summed E-state index contributed by atoms with van der Waals surface area (Å²) in [4.78, 5) is 17.1. The van der Waals surface area contributed by atoms with Crippen molar-refractivity contribution in [1.82, 2.24) is 9.80 Å². The molecule has 7 heteroatoms. The molecule has 33 heavy (non-hydrogen) atoms. The summed E-state index contributed by atoms with van der Waals surface area (Å²) in [5.74, 6) is 1.72. The number of aromatic hydroxyl groups is 1. The maximum absolute atomic E-state index is 12.7. The van der Waals surface area contributed by atoms with Crippen molar-refractivity contribution in [3.05, 3.63) is 47.5 Å². The van der Waals surface area contributed by atoms with Crippen LogP contribution in [-0.2, 0) is 11.3 Å². The number of hydrogen-bond acceptors (Lipinski definition) is 6. The second-order valence-electron chi connectivity index (χ2n) is 9.24. The molecule has 1 N–H and O–H groups in total. The van der Waals surface area contributed by atoms with Crippen LogP contribution in [-0.4, -0.2) is 67.8 Å². The van der Waals surface area contributed by atoms with Gasteiger partial charge in [0.2, 0.25) is 5.75 Å². The average Bonchev–Trinajstić information content (AvgIpc) is 3.21. The molecule has 0 radical (unpaired) electrons. The summed E-state index contributed by atoms with van der Waals surface area (Å²) in [7, 11) is 3.09. The van der Waals surface area contributed by atoms with E-state index in [0.29, 0.717) is 11.5 Å². The molecule has 0 unspecified atom stereocenters. The van der Waals surface area contributed by atoms with Crippen LogP contribution in [0.25, 0.3) is 0 Å². The van der Waals surface area contributed by atoms with Gasteiger partial charge in [0, 0.05) is 26.2 Å². The van der Waals surface area contributed by atoms with E-state index in [1.807, 2.05) is 48.2 Å². The van der Waals surface area contributed by atoms with Crippen LogP contribution < -0.4 is 14.2 Å². The third-order valence-corrected chi connectivity index (χ3v) is 7.08. The maximum atomic E-state index is 12.7. The van der Waals surface area contributed by atoms with E-state index >= 15 is 0 Å².